The zero-order valence-electron chi connectivity index (χ0n) is 8.57. The zero-order chi connectivity index (χ0) is 10.1. The molecule has 1 aromatic carbocycles. The van der Waals surface area contributed by atoms with Crippen LogP contribution in [0.3, 0.4) is 0 Å². The molecule has 0 bridgehead atoms. The highest BCUT2D eigenvalue weighted by Gasteiger charge is 2.21. The maximum atomic E-state index is 5.46. The monoisotopic (exact) mass is 202 g/mol. The van der Waals surface area contributed by atoms with Gasteiger partial charge < -0.3 is 9.84 Å². The fourth-order valence-corrected chi connectivity index (χ4v) is 2.28. The average molecular weight is 202 g/mol. The molecule has 1 unspecified atom stereocenters. The molecule has 3 rings (SSSR count). The van der Waals surface area contributed by atoms with Crippen molar-refractivity contribution >= 4 is 10.9 Å². The molecule has 1 N–H and O–H groups in total. The summed E-state index contributed by atoms with van der Waals surface area (Å²) in [5.41, 5.74) is 0.970. The van der Waals surface area contributed by atoms with E-state index in [0.29, 0.717) is 5.92 Å². The van der Waals surface area contributed by atoms with Gasteiger partial charge in [0.05, 0.1) is 0 Å². The van der Waals surface area contributed by atoms with E-state index in [4.69, 9.17) is 4.52 Å². The third-order valence-corrected chi connectivity index (χ3v) is 3.08. The molecule has 0 spiro atoms. The first-order chi connectivity index (χ1) is 7.45. The van der Waals surface area contributed by atoms with Gasteiger partial charge >= 0.3 is 0 Å². The molecule has 15 heavy (non-hydrogen) atoms. The van der Waals surface area contributed by atoms with Gasteiger partial charge in [-0.25, -0.2) is 0 Å². The summed E-state index contributed by atoms with van der Waals surface area (Å²) in [4.78, 5) is 0. The molecular weight excluding hydrogens is 188 g/mol. The van der Waals surface area contributed by atoms with Crippen molar-refractivity contribution < 1.29 is 4.52 Å². The highest BCUT2D eigenvalue weighted by atomic mass is 16.5. The number of nitrogens with one attached hydrogen (secondary N) is 1. The lowest BCUT2D eigenvalue weighted by molar-refractivity contribution is 0.335. The van der Waals surface area contributed by atoms with Crippen molar-refractivity contribution in [3.8, 4) is 0 Å². The Morgan fingerprint density at radius 3 is 3.13 bits per heavy atom. The molecule has 2 heterocycles. The van der Waals surface area contributed by atoms with Gasteiger partial charge in [-0.2, -0.15) is 0 Å². The van der Waals surface area contributed by atoms with E-state index in [1.54, 1.807) is 0 Å². The zero-order valence-corrected chi connectivity index (χ0v) is 8.57. The van der Waals surface area contributed by atoms with Crippen LogP contribution >= 0.6 is 0 Å². The van der Waals surface area contributed by atoms with Gasteiger partial charge in [0.2, 0.25) is 0 Å². The summed E-state index contributed by atoms with van der Waals surface area (Å²) >= 11 is 0. The van der Waals surface area contributed by atoms with Crippen molar-refractivity contribution in [3.05, 3.63) is 30.0 Å². The van der Waals surface area contributed by atoms with Gasteiger partial charge in [0.15, 0.2) is 0 Å². The maximum absolute atomic E-state index is 5.46. The van der Waals surface area contributed by atoms with Crippen molar-refractivity contribution in [3.63, 3.8) is 0 Å². The molecule has 0 saturated carbocycles. The van der Waals surface area contributed by atoms with Crippen molar-refractivity contribution in [2.45, 2.75) is 18.8 Å². The van der Waals surface area contributed by atoms with E-state index >= 15 is 0 Å². The van der Waals surface area contributed by atoms with Crippen LogP contribution in [-0.4, -0.2) is 18.2 Å². The Labute approximate surface area is 88.4 Å². The second kappa shape index (κ2) is 3.66. The summed E-state index contributed by atoms with van der Waals surface area (Å²) in [6.07, 6.45) is 2.42. The summed E-state index contributed by atoms with van der Waals surface area (Å²) in [7, 11) is 0. The lowest BCUT2D eigenvalue weighted by Crippen LogP contribution is -2.28. The highest BCUT2D eigenvalue weighted by Crippen LogP contribution is 2.29. The summed E-state index contributed by atoms with van der Waals surface area (Å²) in [6.45, 7) is 2.14. The Bertz CT molecular complexity index is 457. The van der Waals surface area contributed by atoms with Gasteiger partial charge in [-0.3, -0.25) is 0 Å². The van der Waals surface area contributed by atoms with Gasteiger partial charge in [-0.15, -0.1) is 0 Å². The van der Waals surface area contributed by atoms with Crippen LogP contribution in [0.4, 0.5) is 0 Å². The fourth-order valence-electron chi connectivity index (χ4n) is 2.28. The molecule has 0 radical (unpaired) electrons. The van der Waals surface area contributed by atoms with Crippen LogP contribution in [0, 0.1) is 0 Å². The summed E-state index contributed by atoms with van der Waals surface area (Å²) in [5, 5.41) is 8.66. The van der Waals surface area contributed by atoms with Crippen LogP contribution in [0.2, 0.25) is 0 Å². The first kappa shape index (κ1) is 8.92. The molecule has 1 aliphatic rings. The minimum atomic E-state index is 0.492. The highest BCUT2D eigenvalue weighted by molar-refractivity contribution is 5.80. The molecule has 1 fully saturated rings. The number of fused-ring (bicyclic) bond motifs is 1. The third-order valence-electron chi connectivity index (χ3n) is 3.08. The van der Waals surface area contributed by atoms with Gasteiger partial charge in [0, 0.05) is 17.8 Å². The van der Waals surface area contributed by atoms with Crippen molar-refractivity contribution in [1.82, 2.24) is 10.5 Å². The quantitative estimate of drug-likeness (QED) is 0.771. The van der Waals surface area contributed by atoms with Crippen LogP contribution in [0.25, 0.3) is 10.9 Å². The van der Waals surface area contributed by atoms with Gasteiger partial charge in [-0.1, -0.05) is 17.3 Å². The number of benzene rings is 1. The molecule has 0 amide bonds. The normalized spacial score (nSPS) is 22.0. The van der Waals surface area contributed by atoms with E-state index in [-0.39, 0.29) is 0 Å². The van der Waals surface area contributed by atoms with Gasteiger partial charge in [0.1, 0.15) is 11.3 Å². The first-order valence-electron chi connectivity index (χ1n) is 5.50. The topological polar surface area (TPSA) is 38.1 Å². The van der Waals surface area contributed by atoms with Crippen molar-refractivity contribution in [2.24, 2.45) is 0 Å². The molecule has 0 aliphatic carbocycles. The summed E-state index contributed by atoms with van der Waals surface area (Å²) in [6, 6.07) is 8.13. The van der Waals surface area contributed by atoms with Gasteiger partial charge in [-0.05, 0) is 31.5 Å². The number of hydrogen-bond acceptors (Lipinski definition) is 3. The molecule has 78 valence electrons. The van der Waals surface area contributed by atoms with Gasteiger partial charge in [0.25, 0.3) is 0 Å². The number of nitrogens with zero attached hydrogens (tertiary/aromatic N) is 1. The molecule has 1 saturated heterocycles. The molecular formula is C12H14N2O. The number of hydrogen-bond donors (Lipinski definition) is 1. The van der Waals surface area contributed by atoms with Crippen molar-refractivity contribution in [1.29, 1.82) is 0 Å². The second-order valence-corrected chi connectivity index (χ2v) is 4.11. The minimum absolute atomic E-state index is 0.492. The maximum Gasteiger partial charge on any atom is 0.148 e. The Morgan fingerprint density at radius 2 is 2.27 bits per heavy atom. The van der Waals surface area contributed by atoms with E-state index in [9.17, 15) is 0 Å². The molecule has 1 aromatic heterocycles. The lowest BCUT2D eigenvalue weighted by Gasteiger charge is -2.20. The summed E-state index contributed by atoms with van der Waals surface area (Å²) in [5.74, 6) is 1.55. The van der Waals surface area contributed by atoms with E-state index in [0.717, 1.165) is 24.4 Å². The third kappa shape index (κ3) is 1.53. The lowest BCUT2D eigenvalue weighted by atomic mass is 9.95. The van der Waals surface area contributed by atoms with E-state index < -0.39 is 0 Å². The first-order valence-corrected chi connectivity index (χ1v) is 5.50. The van der Waals surface area contributed by atoms with Crippen LogP contribution in [-0.2, 0) is 0 Å². The summed E-state index contributed by atoms with van der Waals surface area (Å²) < 4.78 is 5.46. The van der Waals surface area contributed by atoms with Crippen LogP contribution in [0.5, 0.6) is 0 Å². The Kier molecular flexibility index (Phi) is 2.18. The Morgan fingerprint density at radius 1 is 1.33 bits per heavy atom. The largest absolute Gasteiger partial charge is 0.360 e. The standard InChI is InChI=1S/C12H14N2O/c1-2-6-11-10(5-1)12(15-14-11)9-4-3-7-13-8-9/h1-2,5-6,9,13H,3-4,7-8H2. The predicted octanol–water partition coefficient (Wildman–Crippen LogP) is 2.29. The molecule has 3 heteroatoms. The minimum Gasteiger partial charge on any atom is -0.360 e. The number of rotatable bonds is 1. The number of piperidine rings is 1. The molecule has 2 aromatic rings. The second-order valence-electron chi connectivity index (χ2n) is 4.11. The van der Waals surface area contributed by atoms with Crippen LogP contribution < -0.4 is 5.32 Å². The van der Waals surface area contributed by atoms with Crippen LogP contribution in [0.15, 0.2) is 28.8 Å². The molecule has 1 aliphatic heterocycles. The van der Waals surface area contributed by atoms with E-state index in [1.807, 2.05) is 18.2 Å². The Balaban J connectivity index is 2.02. The average Bonchev–Trinajstić information content (AvgIpc) is 2.74. The smallest absolute Gasteiger partial charge is 0.148 e. The van der Waals surface area contributed by atoms with Crippen molar-refractivity contribution in [2.75, 3.05) is 13.1 Å². The molecule has 1 atom stereocenters. The van der Waals surface area contributed by atoms with E-state index in [2.05, 4.69) is 16.5 Å². The van der Waals surface area contributed by atoms with E-state index in [1.165, 1.54) is 18.2 Å². The SMILES string of the molecule is c1ccc2c(C3CCCNC3)onc2c1. The predicted molar refractivity (Wildman–Crippen MR) is 58.9 cm³/mol. The molecule has 3 nitrogen and oxygen atoms in total. The Hall–Kier alpha value is -1.35. The van der Waals surface area contributed by atoms with Crippen LogP contribution in [0.1, 0.15) is 24.5 Å². The number of aromatic nitrogens is 1. The fraction of sp³-hybridized carbons (Fsp3) is 0.417.